The second kappa shape index (κ2) is 7.44. The van der Waals surface area contributed by atoms with Crippen LogP contribution in [0, 0.1) is 13.8 Å². The second-order valence-electron chi connectivity index (χ2n) is 6.06. The number of aliphatic hydroxyl groups excluding tert-OH is 1. The van der Waals surface area contributed by atoms with Crippen molar-refractivity contribution >= 4 is 37.0 Å². The summed E-state index contributed by atoms with van der Waals surface area (Å²) in [4.78, 5) is 4.36. The van der Waals surface area contributed by atoms with Crippen molar-refractivity contribution in [2.45, 2.75) is 24.8 Å². The topological polar surface area (TPSA) is 76.5 Å². The molecule has 5 nitrogen and oxygen atoms in total. The van der Waals surface area contributed by atoms with E-state index >= 15 is 0 Å². The van der Waals surface area contributed by atoms with E-state index in [1.165, 1.54) is 12.1 Å². The van der Waals surface area contributed by atoms with Gasteiger partial charge in [-0.15, -0.1) is 0 Å². The summed E-state index contributed by atoms with van der Waals surface area (Å²) in [5.74, 6) is 0. The van der Waals surface area contributed by atoms with Crippen molar-refractivity contribution in [2.75, 3.05) is 6.61 Å². The van der Waals surface area contributed by atoms with E-state index < -0.39 is 16.2 Å². The summed E-state index contributed by atoms with van der Waals surface area (Å²) in [6.45, 7) is 3.34. The lowest BCUT2D eigenvalue weighted by atomic mass is 10.0. The van der Waals surface area contributed by atoms with Crippen LogP contribution >= 0.6 is 15.9 Å². The zero-order chi connectivity index (χ0) is 18.9. The molecule has 7 heteroatoms. The lowest BCUT2D eigenvalue weighted by Gasteiger charge is -2.17. The van der Waals surface area contributed by atoms with Crippen molar-refractivity contribution in [1.29, 1.82) is 0 Å². The van der Waals surface area contributed by atoms with E-state index in [1.54, 1.807) is 24.4 Å². The minimum atomic E-state index is -3.94. The van der Waals surface area contributed by atoms with E-state index in [9.17, 15) is 13.5 Å². The molecule has 0 saturated carbocycles. The predicted octanol–water partition coefficient (Wildman–Crippen LogP) is 4.05. The van der Waals surface area contributed by atoms with Crippen molar-refractivity contribution in [3.63, 3.8) is 0 Å². The molecule has 3 aromatic rings. The molecule has 0 aliphatic rings. The maximum Gasteiger partial charge on any atom is 0.297 e. The van der Waals surface area contributed by atoms with Crippen LogP contribution in [0.1, 0.15) is 22.8 Å². The Morgan fingerprint density at radius 2 is 1.88 bits per heavy atom. The summed E-state index contributed by atoms with van der Waals surface area (Å²) < 4.78 is 30.4. The first-order chi connectivity index (χ1) is 12.3. The molecule has 1 heterocycles. The van der Waals surface area contributed by atoms with Crippen LogP contribution in [0.4, 0.5) is 0 Å². The van der Waals surface area contributed by atoms with Crippen LogP contribution in [-0.4, -0.2) is 25.1 Å². The van der Waals surface area contributed by atoms with Crippen LogP contribution in [0.5, 0.6) is 0 Å². The summed E-state index contributed by atoms with van der Waals surface area (Å²) >= 11 is 3.50. The maximum absolute atomic E-state index is 12.3. The number of nitrogens with zero attached hydrogens (tertiary/aromatic N) is 1. The van der Waals surface area contributed by atoms with Gasteiger partial charge in [-0.1, -0.05) is 23.8 Å². The molecule has 136 valence electrons. The second-order valence-corrected chi connectivity index (χ2v) is 8.47. The van der Waals surface area contributed by atoms with Crippen LogP contribution < -0.4 is 0 Å². The number of halogens is 1. The van der Waals surface area contributed by atoms with Gasteiger partial charge in [0.05, 0.1) is 17.0 Å². The third-order valence-corrected chi connectivity index (χ3v) is 6.26. The van der Waals surface area contributed by atoms with Gasteiger partial charge < -0.3 is 5.11 Å². The number of hydrogen-bond acceptors (Lipinski definition) is 5. The largest absolute Gasteiger partial charge is 0.386 e. The van der Waals surface area contributed by atoms with Crippen LogP contribution in [0.2, 0.25) is 0 Å². The normalized spacial score (nSPS) is 13.1. The van der Waals surface area contributed by atoms with Gasteiger partial charge in [0.2, 0.25) is 0 Å². The highest BCUT2D eigenvalue weighted by molar-refractivity contribution is 9.10. The molecule has 3 rings (SSSR count). The van der Waals surface area contributed by atoms with Gasteiger partial charge in [0.25, 0.3) is 10.1 Å². The van der Waals surface area contributed by atoms with Crippen molar-refractivity contribution in [3.05, 3.63) is 69.8 Å². The highest BCUT2D eigenvalue weighted by Crippen LogP contribution is 2.34. The Labute approximate surface area is 160 Å². The predicted molar refractivity (Wildman–Crippen MR) is 103 cm³/mol. The van der Waals surface area contributed by atoms with E-state index in [-0.39, 0.29) is 11.5 Å². The molecule has 0 bridgehead atoms. The molecular weight excluding hydrogens is 418 g/mol. The Morgan fingerprint density at radius 3 is 2.58 bits per heavy atom. The first-order valence-electron chi connectivity index (χ1n) is 7.97. The summed E-state index contributed by atoms with van der Waals surface area (Å²) in [5.41, 5.74) is 3.13. The van der Waals surface area contributed by atoms with Gasteiger partial charge in [-0.3, -0.25) is 9.17 Å². The lowest BCUT2D eigenvalue weighted by Crippen LogP contribution is -2.15. The summed E-state index contributed by atoms with van der Waals surface area (Å²) in [6, 6.07) is 11.9. The van der Waals surface area contributed by atoms with Gasteiger partial charge in [-0.05, 0) is 59.6 Å². The van der Waals surface area contributed by atoms with Gasteiger partial charge in [-0.25, -0.2) is 0 Å². The smallest absolute Gasteiger partial charge is 0.297 e. The zero-order valence-corrected chi connectivity index (χ0v) is 16.7. The Morgan fingerprint density at radius 1 is 1.19 bits per heavy atom. The van der Waals surface area contributed by atoms with Crippen molar-refractivity contribution in [2.24, 2.45) is 0 Å². The number of aromatic nitrogens is 1. The van der Waals surface area contributed by atoms with Gasteiger partial charge >= 0.3 is 0 Å². The summed E-state index contributed by atoms with van der Waals surface area (Å²) in [6.07, 6.45) is 0.593. The van der Waals surface area contributed by atoms with E-state index in [2.05, 4.69) is 20.9 Å². The number of rotatable bonds is 5. The van der Waals surface area contributed by atoms with Crippen LogP contribution in [0.3, 0.4) is 0 Å². The molecular formula is C19H18BrNO4S. The van der Waals surface area contributed by atoms with Crippen molar-refractivity contribution in [1.82, 2.24) is 4.98 Å². The number of hydrogen-bond donors (Lipinski definition) is 1. The lowest BCUT2D eigenvalue weighted by molar-refractivity contribution is 0.110. The molecule has 0 unspecified atom stereocenters. The Hall–Kier alpha value is -1.80. The fraction of sp³-hybridized carbons (Fsp3) is 0.211. The fourth-order valence-corrected chi connectivity index (χ4v) is 4.56. The molecule has 1 aromatic heterocycles. The highest BCUT2D eigenvalue weighted by atomic mass is 79.9. The number of aliphatic hydroxyl groups is 1. The molecule has 0 spiro atoms. The molecule has 1 N–H and O–H groups in total. The standard InChI is InChI=1S/C19H18BrNO4S/c1-12-5-7-14(8-6-12)26(23,24)25-11-17(22)18-13(2)10-16-15(19(18)20)4-3-9-21-16/h3-10,17,22H,11H2,1-2H3/t17-/m1/s1. The molecule has 0 fully saturated rings. The van der Waals surface area contributed by atoms with Gasteiger partial charge in [0.15, 0.2) is 0 Å². The molecule has 0 saturated heterocycles. The number of aryl methyl sites for hydroxylation is 2. The van der Waals surface area contributed by atoms with E-state index in [4.69, 9.17) is 4.18 Å². The minimum Gasteiger partial charge on any atom is -0.386 e. The Bertz CT molecular complexity index is 1050. The zero-order valence-electron chi connectivity index (χ0n) is 14.3. The van der Waals surface area contributed by atoms with Crippen molar-refractivity contribution < 1.29 is 17.7 Å². The van der Waals surface area contributed by atoms with Crippen LogP contribution in [0.25, 0.3) is 10.9 Å². The van der Waals surface area contributed by atoms with Gasteiger partial charge in [0.1, 0.15) is 6.10 Å². The summed E-state index contributed by atoms with van der Waals surface area (Å²) in [7, 11) is -3.94. The fourth-order valence-electron chi connectivity index (χ4n) is 2.74. The van der Waals surface area contributed by atoms with E-state index in [0.717, 1.165) is 22.0 Å². The SMILES string of the molecule is Cc1ccc(S(=O)(=O)OC[C@@H](O)c2c(C)cc3ncccc3c2Br)cc1. The van der Waals surface area contributed by atoms with E-state index in [1.807, 2.05) is 26.0 Å². The van der Waals surface area contributed by atoms with E-state index in [0.29, 0.717) is 10.0 Å². The third kappa shape index (κ3) is 3.81. The van der Waals surface area contributed by atoms with Crippen LogP contribution in [0.15, 0.2) is 58.0 Å². The molecule has 2 aromatic carbocycles. The number of benzene rings is 2. The quantitative estimate of drug-likeness (QED) is 0.611. The minimum absolute atomic E-state index is 0.0637. The molecule has 0 radical (unpaired) electrons. The third-order valence-electron chi connectivity index (χ3n) is 4.11. The number of pyridine rings is 1. The van der Waals surface area contributed by atoms with Crippen LogP contribution in [-0.2, 0) is 14.3 Å². The molecule has 1 atom stereocenters. The summed E-state index contributed by atoms with van der Waals surface area (Å²) in [5, 5.41) is 11.4. The maximum atomic E-state index is 12.3. The average molecular weight is 436 g/mol. The number of fused-ring (bicyclic) bond motifs is 1. The average Bonchev–Trinajstić information content (AvgIpc) is 2.60. The molecule has 0 aliphatic carbocycles. The Kier molecular flexibility index (Phi) is 5.43. The first-order valence-corrected chi connectivity index (χ1v) is 10.2. The van der Waals surface area contributed by atoms with Crippen molar-refractivity contribution in [3.8, 4) is 0 Å². The highest BCUT2D eigenvalue weighted by Gasteiger charge is 2.22. The molecule has 0 aliphatic heterocycles. The molecule has 26 heavy (non-hydrogen) atoms. The monoisotopic (exact) mass is 435 g/mol. The first kappa shape index (κ1) is 19.0. The Balaban J connectivity index is 1.85. The van der Waals surface area contributed by atoms with Gasteiger partial charge in [-0.2, -0.15) is 8.42 Å². The molecule has 0 amide bonds. The van der Waals surface area contributed by atoms with Gasteiger partial charge in [0, 0.05) is 21.6 Å².